The third kappa shape index (κ3) is 3.62. The minimum Gasteiger partial charge on any atom is -0.483 e. The summed E-state index contributed by atoms with van der Waals surface area (Å²) in [6, 6.07) is 3.18. The predicted molar refractivity (Wildman–Crippen MR) is 83.5 cm³/mol. The van der Waals surface area contributed by atoms with Crippen LogP contribution in [0.5, 0.6) is 5.75 Å². The van der Waals surface area contributed by atoms with E-state index in [2.05, 4.69) is 41.9 Å². The fourth-order valence-corrected chi connectivity index (χ4v) is 3.18. The zero-order valence-electron chi connectivity index (χ0n) is 11.4. The highest BCUT2D eigenvalue weighted by molar-refractivity contribution is 9.11. The second kappa shape index (κ2) is 6.57. The van der Waals surface area contributed by atoms with Crippen molar-refractivity contribution in [2.45, 2.75) is 26.5 Å². The molecule has 2 aromatic rings. The molecule has 0 atom stereocenters. The first-order chi connectivity index (χ1) is 9.90. The number of carbonyl (C=O) groups is 1. The zero-order valence-corrected chi connectivity index (χ0v) is 14.5. The number of benzene rings is 1. The van der Waals surface area contributed by atoms with E-state index in [-0.39, 0.29) is 18.2 Å². The van der Waals surface area contributed by atoms with Crippen LogP contribution in [0.25, 0.3) is 0 Å². The Kier molecular flexibility index (Phi) is 5.00. The molecule has 2 rings (SSSR count). The van der Waals surface area contributed by atoms with E-state index in [1.165, 1.54) is 18.5 Å². The van der Waals surface area contributed by atoms with Gasteiger partial charge in [0.2, 0.25) is 0 Å². The third-order valence-electron chi connectivity index (χ3n) is 2.73. The number of carboxylic acids is 1. The quantitative estimate of drug-likeness (QED) is 0.801. The largest absolute Gasteiger partial charge is 0.483 e. The Morgan fingerprint density at radius 2 is 2.00 bits per heavy atom. The molecule has 1 heterocycles. The number of aromatic nitrogens is 3. The van der Waals surface area contributed by atoms with E-state index < -0.39 is 5.97 Å². The van der Waals surface area contributed by atoms with Crippen LogP contribution in [0.1, 0.15) is 36.1 Å². The van der Waals surface area contributed by atoms with Gasteiger partial charge in [0.25, 0.3) is 0 Å². The molecule has 0 aliphatic heterocycles. The normalized spacial score (nSPS) is 10.9. The van der Waals surface area contributed by atoms with Crippen molar-refractivity contribution in [2.24, 2.45) is 0 Å². The molecule has 0 aliphatic rings. The zero-order chi connectivity index (χ0) is 15.6. The maximum absolute atomic E-state index is 11.0. The van der Waals surface area contributed by atoms with E-state index in [1.807, 2.05) is 13.8 Å². The summed E-state index contributed by atoms with van der Waals surface area (Å²) in [6.45, 7) is 4.25. The Balaban J connectivity index is 2.20. The van der Waals surface area contributed by atoms with Gasteiger partial charge < -0.3 is 9.84 Å². The molecule has 1 aromatic heterocycles. The first-order valence-corrected chi connectivity index (χ1v) is 7.72. The van der Waals surface area contributed by atoms with Gasteiger partial charge in [-0.1, -0.05) is 0 Å². The average molecular weight is 419 g/mol. The van der Waals surface area contributed by atoms with Gasteiger partial charge in [0.1, 0.15) is 18.7 Å². The van der Waals surface area contributed by atoms with Gasteiger partial charge >= 0.3 is 5.97 Å². The molecule has 8 heteroatoms. The fourth-order valence-electron chi connectivity index (χ4n) is 1.77. The fraction of sp³-hybridized carbons (Fsp3) is 0.308. The van der Waals surface area contributed by atoms with Crippen LogP contribution in [0.4, 0.5) is 0 Å². The minimum absolute atomic E-state index is 0.173. The number of halogens is 2. The summed E-state index contributed by atoms with van der Waals surface area (Å²) in [6.07, 6.45) is 1.48. The molecule has 6 nitrogen and oxygen atoms in total. The highest BCUT2D eigenvalue weighted by atomic mass is 79.9. The van der Waals surface area contributed by atoms with Crippen molar-refractivity contribution in [2.75, 3.05) is 0 Å². The molecule has 0 fully saturated rings. The molecular formula is C13H13Br2N3O3. The lowest BCUT2D eigenvalue weighted by Crippen LogP contribution is -2.11. The molecule has 0 amide bonds. The number of hydrogen-bond donors (Lipinski definition) is 1. The maximum Gasteiger partial charge on any atom is 0.335 e. The molecule has 0 bridgehead atoms. The number of carboxylic acid groups (broad SMARTS) is 1. The van der Waals surface area contributed by atoms with Crippen LogP contribution >= 0.6 is 31.9 Å². The lowest BCUT2D eigenvalue weighted by Gasteiger charge is -2.13. The Bertz CT molecular complexity index is 647. The van der Waals surface area contributed by atoms with Crippen molar-refractivity contribution >= 4 is 37.8 Å². The van der Waals surface area contributed by atoms with Gasteiger partial charge in [-0.15, -0.1) is 0 Å². The van der Waals surface area contributed by atoms with E-state index in [0.717, 1.165) is 0 Å². The number of aromatic carboxylic acids is 1. The highest BCUT2D eigenvalue weighted by Crippen LogP contribution is 2.35. The Labute approximate surface area is 138 Å². The third-order valence-corrected chi connectivity index (χ3v) is 3.91. The van der Waals surface area contributed by atoms with Crippen LogP contribution in [0.15, 0.2) is 27.4 Å². The van der Waals surface area contributed by atoms with Gasteiger partial charge in [0.15, 0.2) is 5.82 Å². The average Bonchev–Trinajstić information content (AvgIpc) is 2.86. The van der Waals surface area contributed by atoms with E-state index in [0.29, 0.717) is 20.5 Å². The van der Waals surface area contributed by atoms with Crippen molar-refractivity contribution in [1.29, 1.82) is 0 Å². The van der Waals surface area contributed by atoms with Gasteiger partial charge in [-0.25, -0.2) is 14.5 Å². The molecule has 112 valence electrons. The van der Waals surface area contributed by atoms with Gasteiger partial charge in [0, 0.05) is 6.04 Å². The van der Waals surface area contributed by atoms with E-state index >= 15 is 0 Å². The SMILES string of the molecule is CC(C)n1ncnc1COc1c(Br)cc(C(=O)O)cc1Br. The van der Waals surface area contributed by atoms with Gasteiger partial charge in [0.05, 0.1) is 14.5 Å². The Morgan fingerprint density at radius 1 is 1.38 bits per heavy atom. The number of ether oxygens (including phenoxy) is 1. The van der Waals surface area contributed by atoms with Crippen molar-refractivity contribution < 1.29 is 14.6 Å². The molecule has 0 radical (unpaired) electrons. The van der Waals surface area contributed by atoms with E-state index in [9.17, 15) is 4.79 Å². The van der Waals surface area contributed by atoms with Crippen LogP contribution < -0.4 is 4.74 Å². The van der Waals surface area contributed by atoms with Crippen LogP contribution in [-0.2, 0) is 6.61 Å². The monoisotopic (exact) mass is 417 g/mol. The molecule has 1 N–H and O–H groups in total. The minimum atomic E-state index is -0.998. The van der Waals surface area contributed by atoms with E-state index in [4.69, 9.17) is 9.84 Å². The summed E-state index contributed by atoms with van der Waals surface area (Å²) in [5.41, 5.74) is 0.173. The first kappa shape index (κ1) is 16.0. The molecule has 0 saturated heterocycles. The first-order valence-electron chi connectivity index (χ1n) is 6.13. The maximum atomic E-state index is 11.0. The number of hydrogen-bond acceptors (Lipinski definition) is 4. The van der Waals surface area contributed by atoms with Crippen molar-refractivity contribution in [3.63, 3.8) is 0 Å². The smallest absolute Gasteiger partial charge is 0.335 e. The Hall–Kier alpha value is -1.41. The highest BCUT2D eigenvalue weighted by Gasteiger charge is 2.14. The lowest BCUT2D eigenvalue weighted by atomic mass is 10.2. The molecule has 0 aliphatic carbocycles. The summed E-state index contributed by atoms with van der Waals surface area (Å²) in [5, 5.41) is 13.1. The van der Waals surface area contributed by atoms with Gasteiger partial charge in [-0.05, 0) is 57.8 Å². The molecule has 1 aromatic carbocycles. The Morgan fingerprint density at radius 3 is 2.52 bits per heavy atom. The summed E-state index contributed by atoms with van der Waals surface area (Å²) in [5.74, 6) is 0.229. The summed E-state index contributed by atoms with van der Waals surface area (Å²) < 4.78 is 8.62. The van der Waals surface area contributed by atoms with Crippen molar-refractivity contribution in [1.82, 2.24) is 14.8 Å². The molecule has 0 spiro atoms. The van der Waals surface area contributed by atoms with Crippen molar-refractivity contribution in [3.05, 3.63) is 38.8 Å². The van der Waals surface area contributed by atoms with Gasteiger partial charge in [-0.3, -0.25) is 0 Å². The van der Waals surface area contributed by atoms with Crippen LogP contribution in [0.2, 0.25) is 0 Å². The molecule has 0 saturated carbocycles. The molecule has 21 heavy (non-hydrogen) atoms. The molecule has 0 unspecified atom stereocenters. The second-order valence-corrected chi connectivity index (χ2v) is 6.29. The van der Waals surface area contributed by atoms with Gasteiger partial charge in [-0.2, -0.15) is 5.10 Å². The number of nitrogens with zero attached hydrogens (tertiary/aromatic N) is 3. The lowest BCUT2D eigenvalue weighted by molar-refractivity contribution is 0.0696. The van der Waals surface area contributed by atoms with Crippen molar-refractivity contribution in [3.8, 4) is 5.75 Å². The van der Waals surface area contributed by atoms with Crippen LogP contribution in [0, 0.1) is 0 Å². The number of rotatable bonds is 5. The summed E-state index contributed by atoms with van der Waals surface area (Å²) in [7, 11) is 0. The topological polar surface area (TPSA) is 77.2 Å². The standard InChI is InChI=1S/C13H13Br2N3O3/c1-7(2)18-11(16-6-17-18)5-21-12-9(14)3-8(13(19)20)4-10(12)15/h3-4,6-7H,5H2,1-2H3,(H,19,20). The summed E-state index contributed by atoms with van der Waals surface area (Å²) >= 11 is 6.63. The molecular weight excluding hydrogens is 406 g/mol. The van der Waals surface area contributed by atoms with E-state index in [1.54, 1.807) is 4.68 Å². The second-order valence-electron chi connectivity index (χ2n) is 4.58. The predicted octanol–water partition coefficient (Wildman–Crippen LogP) is 3.66. The van der Waals surface area contributed by atoms with Crippen LogP contribution in [0.3, 0.4) is 0 Å². The summed E-state index contributed by atoms with van der Waals surface area (Å²) in [4.78, 5) is 15.1. The van der Waals surface area contributed by atoms with Crippen LogP contribution in [-0.4, -0.2) is 25.8 Å².